The summed E-state index contributed by atoms with van der Waals surface area (Å²) in [5.41, 5.74) is 4.26. The largest absolute Gasteiger partial charge is 0.466 e. The Morgan fingerprint density at radius 1 is 0.712 bits per heavy atom. The third-order valence-electron chi connectivity index (χ3n) is 12.5. The maximum atomic E-state index is 14.3. The SMILES string of the molecule is CCOC(=O)[C@@H](C[C@H](CB(C)O)Cc1ccc(-c2cc(Cl)ccc2F)cc1)CN1CC(OC)C1.CCOC(=O)[C@H](COS(=O)(=O)c1ccc(Br)cc1)C[C@H](CB(C)O)Cc1ccc(-c2cc(Cl)ccc2F)cc1. The number of nitrogens with zero attached hydrogens (tertiary/aromatic N) is 1. The molecule has 1 heterocycles. The number of esters is 2. The van der Waals surface area contributed by atoms with Gasteiger partial charge in [-0.2, -0.15) is 8.42 Å². The van der Waals surface area contributed by atoms with E-state index >= 15 is 0 Å². The van der Waals surface area contributed by atoms with Crippen molar-refractivity contribution in [2.45, 2.75) is 76.8 Å². The van der Waals surface area contributed by atoms with Gasteiger partial charge in [-0.25, -0.2) is 8.78 Å². The molecule has 5 aromatic carbocycles. The Hall–Kier alpha value is -4.16. The molecule has 11 nitrogen and oxygen atoms in total. The molecule has 4 atom stereocenters. The normalized spacial score (nSPS) is 14.5. The van der Waals surface area contributed by atoms with E-state index in [1.54, 1.807) is 64.1 Å². The number of benzene rings is 5. The second kappa shape index (κ2) is 29.2. The van der Waals surface area contributed by atoms with Gasteiger partial charge in [-0.3, -0.25) is 18.7 Å². The van der Waals surface area contributed by atoms with Crippen molar-refractivity contribution in [1.29, 1.82) is 0 Å². The van der Waals surface area contributed by atoms with Gasteiger partial charge in [0.1, 0.15) is 11.6 Å². The van der Waals surface area contributed by atoms with Gasteiger partial charge in [0.05, 0.1) is 42.7 Å². The maximum absolute atomic E-state index is 14.3. The summed E-state index contributed by atoms with van der Waals surface area (Å²) in [5.74, 6) is -2.66. The molecule has 2 N–H and O–H groups in total. The highest BCUT2D eigenvalue weighted by molar-refractivity contribution is 9.10. The van der Waals surface area contributed by atoms with E-state index in [0.29, 0.717) is 71.8 Å². The molecule has 6 rings (SSSR count). The molecule has 73 heavy (non-hydrogen) atoms. The van der Waals surface area contributed by atoms with Gasteiger partial charge >= 0.3 is 11.9 Å². The van der Waals surface area contributed by atoms with Crippen molar-refractivity contribution in [1.82, 2.24) is 4.90 Å². The zero-order valence-corrected chi connectivity index (χ0v) is 45.7. The summed E-state index contributed by atoms with van der Waals surface area (Å²) in [5, 5.41) is 21.2. The maximum Gasteiger partial charge on any atom is 0.311 e. The van der Waals surface area contributed by atoms with E-state index in [0.717, 1.165) is 34.3 Å². The Balaban J connectivity index is 0.000000273. The topological polar surface area (TPSA) is 149 Å². The molecule has 19 heteroatoms. The summed E-state index contributed by atoms with van der Waals surface area (Å²) < 4.78 is 75.9. The number of ether oxygens (including phenoxy) is 3. The monoisotopic (exact) mass is 1130 g/mol. The fraction of sp³-hybridized carbons (Fsp3) is 0.407. The molecular weight excluding hydrogens is 1070 g/mol. The molecule has 0 radical (unpaired) electrons. The predicted molar refractivity (Wildman–Crippen MR) is 289 cm³/mol. The first-order valence-electron chi connectivity index (χ1n) is 24.4. The van der Waals surface area contributed by atoms with Gasteiger partial charge in [0, 0.05) is 52.4 Å². The van der Waals surface area contributed by atoms with E-state index in [-0.39, 0.29) is 66.0 Å². The summed E-state index contributed by atoms with van der Waals surface area (Å²) in [6.45, 7) is 8.15. The van der Waals surface area contributed by atoms with Crippen LogP contribution in [0.4, 0.5) is 8.78 Å². The molecule has 5 aromatic rings. The van der Waals surface area contributed by atoms with Crippen LogP contribution in [-0.2, 0) is 50.9 Å². The third-order valence-corrected chi connectivity index (χ3v) is 14.8. The molecule has 1 aliphatic heterocycles. The summed E-state index contributed by atoms with van der Waals surface area (Å²) in [7, 11) is -2.39. The molecule has 1 fully saturated rings. The molecule has 1 saturated heterocycles. The van der Waals surface area contributed by atoms with E-state index in [1.165, 1.54) is 36.4 Å². The number of rotatable bonds is 25. The van der Waals surface area contributed by atoms with Crippen molar-refractivity contribution < 1.29 is 55.2 Å². The van der Waals surface area contributed by atoms with Gasteiger partial charge in [0.15, 0.2) is 0 Å². The van der Waals surface area contributed by atoms with Gasteiger partial charge < -0.3 is 24.3 Å². The van der Waals surface area contributed by atoms with E-state index in [1.807, 2.05) is 43.3 Å². The second-order valence-corrected chi connectivity index (χ2v) is 22.0. The Kier molecular flexibility index (Phi) is 23.9. The zero-order valence-electron chi connectivity index (χ0n) is 41.8. The molecule has 0 aliphatic carbocycles. The number of carbonyl (C=O) groups excluding carboxylic acids is 2. The van der Waals surface area contributed by atoms with E-state index in [2.05, 4.69) is 20.8 Å². The molecular formula is C54H64B2BrCl2F2NO10S. The van der Waals surface area contributed by atoms with Crippen molar-refractivity contribution in [2.75, 3.05) is 46.6 Å². The lowest BCUT2D eigenvalue weighted by Crippen LogP contribution is -2.54. The fourth-order valence-electron chi connectivity index (χ4n) is 9.01. The summed E-state index contributed by atoms with van der Waals surface area (Å²) in [6.07, 6.45) is 3.26. The van der Waals surface area contributed by atoms with Crippen LogP contribution >= 0.6 is 39.1 Å². The Morgan fingerprint density at radius 2 is 1.15 bits per heavy atom. The highest BCUT2D eigenvalue weighted by Crippen LogP contribution is 2.32. The van der Waals surface area contributed by atoms with Crippen LogP contribution in [0.15, 0.2) is 119 Å². The molecule has 0 aromatic heterocycles. The van der Waals surface area contributed by atoms with E-state index in [4.69, 9.17) is 41.6 Å². The first kappa shape index (κ1) is 59.7. The Labute approximate surface area is 448 Å². The lowest BCUT2D eigenvalue weighted by Gasteiger charge is -2.40. The van der Waals surface area contributed by atoms with Crippen molar-refractivity contribution >= 4 is 75.0 Å². The molecule has 0 saturated carbocycles. The zero-order chi connectivity index (χ0) is 53.2. The molecule has 392 valence electrons. The van der Waals surface area contributed by atoms with Crippen LogP contribution in [0.5, 0.6) is 0 Å². The molecule has 0 unspecified atom stereocenters. The number of hydrogen-bond donors (Lipinski definition) is 2. The van der Waals surface area contributed by atoms with E-state index < -0.39 is 35.8 Å². The van der Waals surface area contributed by atoms with Gasteiger partial charge in [-0.1, -0.05) is 101 Å². The first-order valence-corrected chi connectivity index (χ1v) is 27.4. The third kappa shape index (κ3) is 19.2. The average Bonchev–Trinajstić information content (AvgIpc) is 3.33. The average molecular weight is 1130 g/mol. The number of methoxy groups -OCH3 is 1. The second-order valence-electron chi connectivity index (χ2n) is 18.6. The number of likely N-dealkylation sites (tertiary alicyclic amines) is 1. The van der Waals surface area contributed by atoms with Crippen LogP contribution in [0.25, 0.3) is 22.3 Å². The summed E-state index contributed by atoms with van der Waals surface area (Å²) >= 11 is 15.3. The smallest absolute Gasteiger partial charge is 0.311 e. The predicted octanol–water partition coefficient (Wildman–Crippen LogP) is 11.5. The molecule has 1 aliphatic rings. The number of hydrogen-bond acceptors (Lipinski definition) is 11. The summed E-state index contributed by atoms with van der Waals surface area (Å²) in [4.78, 5) is 27.7. The Bertz CT molecular complexity index is 2650. The highest BCUT2D eigenvalue weighted by atomic mass is 79.9. The van der Waals surface area contributed by atoms with Gasteiger partial charge in [0.25, 0.3) is 23.9 Å². The van der Waals surface area contributed by atoms with Crippen LogP contribution in [0.1, 0.15) is 37.8 Å². The van der Waals surface area contributed by atoms with Gasteiger partial charge in [-0.15, -0.1) is 0 Å². The molecule has 0 bridgehead atoms. The molecule has 0 amide bonds. The lowest BCUT2D eigenvalue weighted by atomic mass is 9.62. The Morgan fingerprint density at radius 3 is 1.58 bits per heavy atom. The van der Waals surface area contributed by atoms with E-state index in [9.17, 15) is 36.8 Å². The molecule has 0 spiro atoms. The minimum absolute atomic E-state index is 0.0231. The van der Waals surface area contributed by atoms with Crippen molar-refractivity contribution in [2.24, 2.45) is 23.7 Å². The van der Waals surface area contributed by atoms with Gasteiger partial charge in [0.2, 0.25) is 0 Å². The van der Waals surface area contributed by atoms with Crippen molar-refractivity contribution in [3.8, 4) is 22.3 Å². The van der Waals surface area contributed by atoms with Crippen molar-refractivity contribution in [3.05, 3.63) is 146 Å². The van der Waals surface area contributed by atoms with Crippen LogP contribution in [0, 0.1) is 35.3 Å². The van der Waals surface area contributed by atoms with Gasteiger partial charge in [-0.05, 0) is 147 Å². The highest BCUT2D eigenvalue weighted by Gasteiger charge is 2.34. The lowest BCUT2D eigenvalue weighted by molar-refractivity contribution is -0.151. The van der Waals surface area contributed by atoms with Crippen LogP contribution in [-0.4, -0.2) is 102 Å². The standard InChI is InChI=1S/C28H30BBrClFO6S.C26H34BClFNO4/c1-3-37-28(33)22(18-38-39(35,36)25-11-8-23(30)9-12-25)15-20(17-29(2)34)14-19-4-6-21(7-5-19)26-16-24(31)10-13-27(26)32;1-4-34-26(31)21(15-30-16-23(17-30)33-3)12-19(14-27(2)32)11-18-5-7-20(8-6-18)24-13-22(28)9-10-25(24)29/h4-13,16,20,22,34H,3,14-15,17-18H2,1-2H3;5-10,13,19,21,23,32H,4,11-12,14-17H2,1-3H3/t20-,22+;19-,21+/m11/s1. The van der Waals surface area contributed by atoms with Crippen LogP contribution in [0.3, 0.4) is 0 Å². The fourth-order valence-corrected chi connectivity index (χ4v) is 10.6. The van der Waals surface area contributed by atoms with Crippen LogP contribution in [0.2, 0.25) is 36.3 Å². The quantitative estimate of drug-likeness (QED) is 0.0327. The summed E-state index contributed by atoms with van der Waals surface area (Å²) in [6, 6.07) is 29.9. The van der Waals surface area contributed by atoms with Crippen molar-refractivity contribution in [3.63, 3.8) is 0 Å². The minimum Gasteiger partial charge on any atom is -0.466 e. The number of halogens is 5. The number of carbonyl (C=O) groups is 2. The van der Waals surface area contributed by atoms with Crippen LogP contribution < -0.4 is 0 Å². The first-order chi connectivity index (χ1) is 34.8. The minimum atomic E-state index is -4.09.